The standard InChI is InChI=1S/C13H12NO2S/c15-17(16,13-9-5-2-6-10-13)14-11-12-7-3-1-4-8-12/h1,3-10,14H,11H2. The smallest absolute Gasteiger partial charge is 0.207 e. The largest absolute Gasteiger partial charge is 0.240 e. The highest BCUT2D eigenvalue weighted by molar-refractivity contribution is 7.89. The number of rotatable bonds is 4. The number of sulfonamides is 1. The van der Waals surface area contributed by atoms with Gasteiger partial charge in [0, 0.05) is 6.54 Å². The van der Waals surface area contributed by atoms with Crippen LogP contribution in [0.3, 0.4) is 0 Å². The third kappa shape index (κ3) is 3.15. The molecule has 0 saturated carbocycles. The van der Waals surface area contributed by atoms with Crippen LogP contribution in [0.15, 0.2) is 59.5 Å². The minimum Gasteiger partial charge on any atom is -0.207 e. The lowest BCUT2D eigenvalue weighted by molar-refractivity contribution is 0.581. The van der Waals surface area contributed by atoms with Gasteiger partial charge in [-0.25, -0.2) is 13.1 Å². The van der Waals surface area contributed by atoms with E-state index in [1.165, 1.54) is 12.1 Å². The van der Waals surface area contributed by atoms with Crippen molar-refractivity contribution in [1.82, 2.24) is 4.72 Å². The molecule has 0 spiro atoms. The first kappa shape index (κ1) is 11.8. The maximum absolute atomic E-state index is 11.9. The Balaban J connectivity index is 2.09. The van der Waals surface area contributed by atoms with Crippen molar-refractivity contribution in [2.45, 2.75) is 11.4 Å². The fraction of sp³-hybridized carbons (Fsp3) is 0.0769. The molecule has 0 atom stereocenters. The monoisotopic (exact) mass is 246 g/mol. The van der Waals surface area contributed by atoms with Crippen LogP contribution in [0, 0.1) is 6.07 Å². The van der Waals surface area contributed by atoms with E-state index in [0.717, 1.165) is 5.56 Å². The summed E-state index contributed by atoms with van der Waals surface area (Å²) in [6, 6.07) is 18.4. The third-order valence-corrected chi connectivity index (χ3v) is 3.72. The molecular formula is C13H12NO2S. The van der Waals surface area contributed by atoms with Crippen molar-refractivity contribution in [1.29, 1.82) is 0 Å². The lowest BCUT2D eigenvalue weighted by Crippen LogP contribution is -2.23. The molecule has 87 valence electrons. The average Bonchev–Trinajstić information content (AvgIpc) is 2.39. The zero-order chi connectivity index (χ0) is 12.1. The topological polar surface area (TPSA) is 46.2 Å². The van der Waals surface area contributed by atoms with Gasteiger partial charge in [0.15, 0.2) is 0 Å². The Hall–Kier alpha value is -1.65. The van der Waals surface area contributed by atoms with E-state index in [9.17, 15) is 8.42 Å². The molecule has 0 aliphatic rings. The minimum absolute atomic E-state index is 0.257. The molecule has 0 heterocycles. The summed E-state index contributed by atoms with van der Waals surface area (Å²) >= 11 is 0. The number of hydrogen-bond donors (Lipinski definition) is 1. The highest BCUT2D eigenvalue weighted by Crippen LogP contribution is 2.08. The minimum atomic E-state index is -3.43. The molecule has 0 fully saturated rings. The molecule has 4 heteroatoms. The first-order valence-electron chi connectivity index (χ1n) is 5.18. The Morgan fingerprint density at radius 2 is 1.65 bits per heavy atom. The van der Waals surface area contributed by atoms with Crippen LogP contribution in [0.2, 0.25) is 0 Å². The van der Waals surface area contributed by atoms with Crippen molar-refractivity contribution in [2.24, 2.45) is 0 Å². The van der Waals surface area contributed by atoms with Gasteiger partial charge < -0.3 is 0 Å². The van der Waals surface area contributed by atoms with E-state index in [0.29, 0.717) is 6.54 Å². The molecular weight excluding hydrogens is 234 g/mol. The van der Waals surface area contributed by atoms with Gasteiger partial charge in [0.25, 0.3) is 0 Å². The highest BCUT2D eigenvalue weighted by Gasteiger charge is 2.12. The predicted molar refractivity (Wildman–Crippen MR) is 65.7 cm³/mol. The molecule has 2 aromatic carbocycles. The van der Waals surface area contributed by atoms with Crippen molar-refractivity contribution in [3.05, 3.63) is 66.2 Å². The lowest BCUT2D eigenvalue weighted by Gasteiger charge is -2.06. The normalized spacial score (nSPS) is 11.3. The van der Waals surface area contributed by atoms with Gasteiger partial charge in [-0.3, -0.25) is 0 Å². The van der Waals surface area contributed by atoms with E-state index in [4.69, 9.17) is 0 Å². The van der Waals surface area contributed by atoms with Gasteiger partial charge in [0.1, 0.15) is 0 Å². The molecule has 0 unspecified atom stereocenters. The van der Waals surface area contributed by atoms with E-state index in [-0.39, 0.29) is 4.90 Å². The quantitative estimate of drug-likeness (QED) is 0.896. The fourth-order valence-electron chi connectivity index (χ4n) is 1.41. The van der Waals surface area contributed by atoms with E-state index < -0.39 is 10.0 Å². The van der Waals surface area contributed by atoms with Gasteiger partial charge in [-0.1, -0.05) is 42.5 Å². The van der Waals surface area contributed by atoms with E-state index >= 15 is 0 Å². The summed E-state index contributed by atoms with van der Waals surface area (Å²) in [5.41, 5.74) is 0.929. The maximum Gasteiger partial charge on any atom is 0.240 e. The van der Waals surface area contributed by atoms with Gasteiger partial charge in [0.2, 0.25) is 10.0 Å². The number of nitrogens with one attached hydrogen (secondary N) is 1. The van der Waals surface area contributed by atoms with Crippen LogP contribution in [-0.4, -0.2) is 8.42 Å². The molecule has 17 heavy (non-hydrogen) atoms. The van der Waals surface area contributed by atoms with Crippen LogP contribution in [0.5, 0.6) is 0 Å². The van der Waals surface area contributed by atoms with Crippen LogP contribution in [0.25, 0.3) is 0 Å². The maximum atomic E-state index is 11.9. The lowest BCUT2D eigenvalue weighted by atomic mass is 10.2. The van der Waals surface area contributed by atoms with Crippen LogP contribution < -0.4 is 4.72 Å². The summed E-state index contributed by atoms with van der Waals surface area (Å²) in [6.45, 7) is 0.293. The zero-order valence-corrected chi connectivity index (χ0v) is 9.94. The molecule has 2 aromatic rings. The molecule has 0 aliphatic carbocycles. The summed E-state index contributed by atoms with van der Waals surface area (Å²) in [5.74, 6) is 0. The summed E-state index contributed by atoms with van der Waals surface area (Å²) in [6.07, 6.45) is 0. The van der Waals surface area contributed by atoms with Gasteiger partial charge in [-0.2, -0.15) is 0 Å². The third-order valence-electron chi connectivity index (χ3n) is 2.31. The number of benzene rings is 2. The molecule has 1 radical (unpaired) electrons. The molecule has 1 N–H and O–H groups in total. The summed E-state index contributed by atoms with van der Waals surface area (Å²) in [5, 5.41) is 0. The number of hydrogen-bond acceptors (Lipinski definition) is 2. The zero-order valence-electron chi connectivity index (χ0n) is 9.13. The predicted octanol–water partition coefficient (Wildman–Crippen LogP) is 1.97. The Morgan fingerprint density at radius 3 is 2.29 bits per heavy atom. The summed E-state index contributed by atoms with van der Waals surface area (Å²) < 4.78 is 26.3. The molecule has 0 saturated heterocycles. The van der Waals surface area contributed by atoms with Gasteiger partial charge in [0.05, 0.1) is 4.90 Å². The fourth-order valence-corrected chi connectivity index (χ4v) is 2.43. The van der Waals surface area contributed by atoms with Crippen LogP contribution >= 0.6 is 0 Å². The van der Waals surface area contributed by atoms with Gasteiger partial charge >= 0.3 is 0 Å². The van der Waals surface area contributed by atoms with Crippen molar-refractivity contribution in [2.75, 3.05) is 0 Å². The van der Waals surface area contributed by atoms with Crippen LogP contribution in [0.1, 0.15) is 5.56 Å². The highest BCUT2D eigenvalue weighted by atomic mass is 32.2. The van der Waals surface area contributed by atoms with Gasteiger partial charge in [-0.15, -0.1) is 0 Å². The molecule has 0 bridgehead atoms. The van der Waals surface area contributed by atoms with E-state index in [1.807, 2.05) is 30.3 Å². The van der Waals surface area contributed by atoms with Crippen LogP contribution in [-0.2, 0) is 16.6 Å². The molecule has 0 aliphatic heterocycles. The van der Waals surface area contributed by atoms with E-state index in [1.54, 1.807) is 12.1 Å². The first-order valence-corrected chi connectivity index (χ1v) is 6.66. The van der Waals surface area contributed by atoms with Crippen molar-refractivity contribution < 1.29 is 8.42 Å². The van der Waals surface area contributed by atoms with Crippen molar-refractivity contribution >= 4 is 10.0 Å². The average molecular weight is 246 g/mol. The molecule has 0 aromatic heterocycles. The Labute approximate surface area is 101 Å². The Bertz CT molecular complexity index is 565. The van der Waals surface area contributed by atoms with Crippen molar-refractivity contribution in [3.63, 3.8) is 0 Å². The molecule has 0 amide bonds. The molecule has 2 rings (SSSR count). The summed E-state index contributed by atoms with van der Waals surface area (Å²) in [4.78, 5) is 0.257. The van der Waals surface area contributed by atoms with Crippen molar-refractivity contribution in [3.8, 4) is 0 Å². The van der Waals surface area contributed by atoms with Crippen LogP contribution in [0.4, 0.5) is 0 Å². The SMILES string of the molecule is O=S(=O)(NCc1ccccc1)c1cc[c]cc1. The molecule has 3 nitrogen and oxygen atoms in total. The Kier molecular flexibility index (Phi) is 3.56. The second-order valence-corrected chi connectivity index (χ2v) is 5.31. The summed E-state index contributed by atoms with van der Waals surface area (Å²) in [7, 11) is -3.43. The van der Waals surface area contributed by atoms with E-state index in [2.05, 4.69) is 10.8 Å². The Morgan fingerprint density at radius 1 is 1.00 bits per heavy atom. The van der Waals surface area contributed by atoms with Gasteiger partial charge in [-0.05, 0) is 23.8 Å². The first-order chi connectivity index (χ1) is 8.18. The second kappa shape index (κ2) is 5.12. The second-order valence-electron chi connectivity index (χ2n) is 3.55.